The van der Waals surface area contributed by atoms with Gasteiger partial charge in [-0.05, 0) is 13.8 Å². The number of ether oxygens (including phenoxy) is 1. The zero-order chi connectivity index (χ0) is 10.8. The SMILES string of the molecule is CN1CCC(CC(C)(C)C#N)OC1=O. The highest BCUT2D eigenvalue weighted by molar-refractivity contribution is 5.68. The molecule has 0 aromatic rings. The van der Waals surface area contributed by atoms with E-state index in [4.69, 9.17) is 10.00 Å². The topological polar surface area (TPSA) is 53.3 Å². The van der Waals surface area contributed by atoms with Crippen molar-refractivity contribution in [1.82, 2.24) is 4.90 Å². The lowest BCUT2D eigenvalue weighted by atomic mass is 9.87. The molecule has 14 heavy (non-hydrogen) atoms. The van der Waals surface area contributed by atoms with Crippen LogP contribution in [0.15, 0.2) is 0 Å². The first-order valence-corrected chi connectivity index (χ1v) is 4.77. The van der Waals surface area contributed by atoms with Crippen LogP contribution in [-0.4, -0.2) is 30.7 Å². The van der Waals surface area contributed by atoms with Gasteiger partial charge in [0, 0.05) is 26.4 Å². The number of carbonyl (C=O) groups excluding carboxylic acids is 1. The van der Waals surface area contributed by atoms with Crippen molar-refractivity contribution in [2.45, 2.75) is 32.8 Å². The van der Waals surface area contributed by atoms with Gasteiger partial charge >= 0.3 is 6.09 Å². The maximum Gasteiger partial charge on any atom is 0.409 e. The van der Waals surface area contributed by atoms with Crippen molar-refractivity contribution in [3.05, 3.63) is 0 Å². The molecular weight excluding hydrogens is 180 g/mol. The Kier molecular flexibility index (Phi) is 3.00. The van der Waals surface area contributed by atoms with Gasteiger partial charge in [-0.3, -0.25) is 0 Å². The summed E-state index contributed by atoms with van der Waals surface area (Å²) in [6.45, 7) is 4.43. The molecule has 1 atom stereocenters. The molecule has 1 aliphatic rings. The third kappa shape index (κ3) is 2.63. The Balaban J connectivity index is 2.49. The number of carbonyl (C=O) groups is 1. The Morgan fingerprint density at radius 1 is 1.71 bits per heavy atom. The van der Waals surface area contributed by atoms with Crippen LogP contribution in [0.1, 0.15) is 26.7 Å². The zero-order valence-corrected chi connectivity index (χ0v) is 8.91. The highest BCUT2D eigenvalue weighted by Gasteiger charge is 2.30. The van der Waals surface area contributed by atoms with Crippen molar-refractivity contribution in [1.29, 1.82) is 5.26 Å². The van der Waals surface area contributed by atoms with Crippen LogP contribution in [0.3, 0.4) is 0 Å². The minimum absolute atomic E-state index is 0.103. The van der Waals surface area contributed by atoms with Crippen LogP contribution in [0.4, 0.5) is 4.79 Å². The second-order valence-electron chi connectivity index (χ2n) is 4.42. The molecule has 0 spiro atoms. The van der Waals surface area contributed by atoms with Gasteiger partial charge < -0.3 is 9.64 Å². The Bertz CT molecular complexity index is 268. The van der Waals surface area contributed by atoms with Crippen LogP contribution in [0, 0.1) is 16.7 Å². The second-order valence-corrected chi connectivity index (χ2v) is 4.42. The average Bonchev–Trinajstić information content (AvgIpc) is 2.11. The molecule has 4 nitrogen and oxygen atoms in total. The molecule has 1 amide bonds. The molecule has 78 valence electrons. The van der Waals surface area contributed by atoms with Gasteiger partial charge in [0.25, 0.3) is 0 Å². The normalized spacial score (nSPS) is 22.9. The van der Waals surface area contributed by atoms with Gasteiger partial charge in [0.2, 0.25) is 0 Å². The van der Waals surface area contributed by atoms with Gasteiger partial charge in [0.1, 0.15) is 6.10 Å². The number of amides is 1. The van der Waals surface area contributed by atoms with Crippen LogP contribution in [0.25, 0.3) is 0 Å². The molecule has 1 heterocycles. The summed E-state index contributed by atoms with van der Waals surface area (Å²) in [6, 6.07) is 2.21. The summed E-state index contributed by atoms with van der Waals surface area (Å²) in [7, 11) is 1.72. The fourth-order valence-electron chi connectivity index (χ4n) is 1.48. The van der Waals surface area contributed by atoms with Gasteiger partial charge in [-0.1, -0.05) is 0 Å². The predicted molar refractivity (Wildman–Crippen MR) is 51.5 cm³/mol. The number of cyclic esters (lactones) is 1. The van der Waals surface area contributed by atoms with Crippen LogP contribution in [0.2, 0.25) is 0 Å². The third-order valence-corrected chi connectivity index (χ3v) is 2.41. The Hall–Kier alpha value is -1.24. The fraction of sp³-hybridized carbons (Fsp3) is 0.800. The first kappa shape index (κ1) is 10.8. The summed E-state index contributed by atoms with van der Waals surface area (Å²) in [4.78, 5) is 12.8. The molecule has 1 rings (SSSR count). The van der Waals surface area contributed by atoms with Gasteiger partial charge in [-0.25, -0.2) is 4.79 Å². The van der Waals surface area contributed by atoms with Crippen LogP contribution < -0.4 is 0 Å². The number of hydrogen-bond donors (Lipinski definition) is 0. The summed E-state index contributed by atoms with van der Waals surface area (Å²) in [6.07, 6.45) is 1.04. The molecule has 0 bridgehead atoms. The molecule has 0 aliphatic carbocycles. The largest absolute Gasteiger partial charge is 0.446 e. The molecule has 0 radical (unpaired) electrons. The number of rotatable bonds is 2. The van der Waals surface area contributed by atoms with Gasteiger partial charge in [0.05, 0.1) is 11.5 Å². The van der Waals surface area contributed by atoms with E-state index in [1.54, 1.807) is 11.9 Å². The van der Waals surface area contributed by atoms with E-state index in [1.165, 1.54) is 0 Å². The number of hydrogen-bond acceptors (Lipinski definition) is 3. The maximum absolute atomic E-state index is 11.2. The third-order valence-electron chi connectivity index (χ3n) is 2.41. The molecule has 0 N–H and O–H groups in total. The summed E-state index contributed by atoms with van der Waals surface area (Å²) >= 11 is 0. The number of nitriles is 1. The van der Waals surface area contributed by atoms with E-state index < -0.39 is 5.41 Å². The molecule has 1 fully saturated rings. The highest BCUT2D eigenvalue weighted by atomic mass is 16.6. The molecule has 1 aliphatic heterocycles. The molecule has 1 saturated heterocycles. The Morgan fingerprint density at radius 2 is 2.36 bits per heavy atom. The predicted octanol–water partition coefficient (Wildman–Crippen LogP) is 1.77. The molecule has 0 aromatic carbocycles. The van der Waals surface area contributed by atoms with E-state index >= 15 is 0 Å². The summed E-state index contributed by atoms with van der Waals surface area (Å²) in [5, 5.41) is 8.84. The van der Waals surface area contributed by atoms with Gasteiger partial charge in [-0.2, -0.15) is 5.26 Å². The molecule has 0 saturated carbocycles. The maximum atomic E-state index is 11.2. The average molecular weight is 196 g/mol. The van der Waals surface area contributed by atoms with Crippen molar-refractivity contribution in [2.24, 2.45) is 5.41 Å². The first-order chi connectivity index (χ1) is 6.44. The highest BCUT2D eigenvalue weighted by Crippen LogP contribution is 2.26. The van der Waals surface area contributed by atoms with Crippen LogP contribution in [-0.2, 0) is 4.74 Å². The van der Waals surface area contributed by atoms with Gasteiger partial charge in [0.15, 0.2) is 0 Å². The quantitative estimate of drug-likeness (QED) is 0.676. The standard InChI is InChI=1S/C10H16N2O2/c1-10(2,7-11)6-8-4-5-12(3)9(13)14-8/h8H,4-6H2,1-3H3. The number of nitrogens with zero attached hydrogens (tertiary/aromatic N) is 2. The summed E-state index contributed by atoms with van der Waals surface area (Å²) in [5.41, 5.74) is -0.416. The second kappa shape index (κ2) is 3.87. The lowest BCUT2D eigenvalue weighted by molar-refractivity contribution is 0.0186. The monoisotopic (exact) mass is 196 g/mol. The van der Waals surface area contributed by atoms with E-state index in [0.717, 1.165) is 6.42 Å². The van der Waals surface area contributed by atoms with Gasteiger partial charge in [-0.15, -0.1) is 0 Å². The smallest absolute Gasteiger partial charge is 0.409 e. The van der Waals surface area contributed by atoms with Crippen LogP contribution in [0.5, 0.6) is 0 Å². The fourth-order valence-corrected chi connectivity index (χ4v) is 1.48. The minimum Gasteiger partial charge on any atom is -0.446 e. The first-order valence-electron chi connectivity index (χ1n) is 4.77. The van der Waals surface area contributed by atoms with Crippen molar-refractivity contribution >= 4 is 6.09 Å². The van der Waals surface area contributed by atoms with E-state index in [9.17, 15) is 4.79 Å². The summed E-state index contributed by atoms with van der Waals surface area (Å²) < 4.78 is 5.17. The van der Waals surface area contributed by atoms with Crippen molar-refractivity contribution in [2.75, 3.05) is 13.6 Å². The van der Waals surface area contributed by atoms with E-state index in [0.29, 0.717) is 13.0 Å². The molecule has 4 heteroatoms. The molecular formula is C10H16N2O2. The van der Waals surface area contributed by atoms with Crippen LogP contribution >= 0.6 is 0 Å². The zero-order valence-electron chi connectivity index (χ0n) is 8.91. The van der Waals surface area contributed by atoms with Crippen molar-refractivity contribution in [3.8, 4) is 6.07 Å². The van der Waals surface area contributed by atoms with Crippen molar-refractivity contribution in [3.63, 3.8) is 0 Å². The molecule has 1 unspecified atom stereocenters. The Labute approximate surface area is 84.4 Å². The van der Waals surface area contributed by atoms with Crippen molar-refractivity contribution < 1.29 is 9.53 Å². The lowest BCUT2D eigenvalue weighted by Gasteiger charge is -2.31. The van der Waals surface area contributed by atoms with E-state index in [-0.39, 0.29) is 12.2 Å². The van der Waals surface area contributed by atoms with E-state index in [1.807, 2.05) is 13.8 Å². The minimum atomic E-state index is -0.416. The van der Waals surface area contributed by atoms with E-state index in [2.05, 4.69) is 6.07 Å². The Morgan fingerprint density at radius 3 is 2.86 bits per heavy atom. The lowest BCUT2D eigenvalue weighted by Crippen LogP contribution is -2.40. The molecule has 0 aromatic heterocycles. The summed E-state index contributed by atoms with van der Waals surface area (Å²) in [5.74, 6) is 0.